The molecule has 0 fully saturated rings. The number of thioether (sulfide) groups is 2. The number of carbonyl (C=O) groups is 2. The lowest BCUT2D eigenvalue weighted by Crippen LogP contribution is -2.53. The van der Waals surface area contributed by atoms with Crippen molar-refractivity contribution in [3.05, 3.63) is 0 Å². The van der Waals surface area contributed by atoms with Crippen LogP contribution in [0, 0.1) is 22.7 Å². The molecular formula is C18H28N2O2S2. The van der Waals surface area contributed by atoms with E-state index in [-0.39, 0.29) is 33.9 Å². The van der Waals surface area contributed by atoms with Gasteiger partial charge in [0, 0.05) is 22.3 Å². The average molecular weight is 369 g/mol. The van der Waals surface area contributed by atoms with Crippen molar-refractivity contribution >= 4 is 35.1 Å². The largest absolute Gasteiger partial charge is 0.300 e. The second kappa shape index (κ2) is 7.93. The maximum Gasteiger partial charge on any atom is 0.138 e. The molecular weight excluding hydrogens is 340 g/mol. The van der Waals surface area contributed by atoms with Gasteiger partial charge in [0.05, 0.1) is 12.1 Å². The molecule has 0 heterocycles. The predicted octanol–water partition coefficient (Wildman–Crippen LogP) is 4.53. The number of hydrogen-bond donors (Lipinski definition) is 0. The third kappa shape index (κ3) is 6.49. The fraction of sp³-hybridized carbons (Fsp3) is 0.778. The van der Waals surface area contributed by atoms with Crippen LogP contribution in [0.4, 0.5) is 0 Å². The van der Waals surface area contributed by atoms with Gasteiger partial charge in [-0.2, -0.15) is 10.5 Å². The van der Waals surface area contributed by atoms with E-state index in [1.165, 1.54) is 37.4 Å². The molecule has 2 atom stereocenters. The molecule has 2 unspecified atom stereocenters. The number of ketones is 2. The molecule has 0 aliphatic heterocycles. The van der Waals surface area contributed by atoms with Crippen molar-refractivity contribution in [3.8, 4) is 12.1 Å². The Morgan fingerprint density at radius 2 is 1.00 bits per heavy atom. The lowest BCUT2D eigenvalue weighted by Gasteiger charge is -2.45. The molecule has 0 N–H and O–H groups in total. The smallest absolute Gasteiger partial charge is 0.138 e. The SMILES string of the molecule is CC(=O)CC(C#N)(SC(C)(C)C)C(C#N)(CC(C)=O)SC(C)(C)C. The summed E-state index contributed by atoms with van der Waals surface area (Å²) in [5, 5.41) is 20.1. The summed E-state index contributed by atoms with van der Waals surface area (Å²) in [4.78, 5) is 23.9. The van der Waals surface area contributed by atoms with Crippen LogP contribution >= 0.6 is 23.5 Å². The van der Waals surface area contributed by atoms with Crippen LogP contribution in [0.1, 0.15) is 68.2 Å². The molecule has 0 amide bonds. The van der Waals surface area contributed by atoms with Gasteiger partial charge in [0.15, 0.2) is 0 Å². The van der Waals surface area contributed by atoms with Gasteiger partial charge in [0.1, 0.15) is 21.1 Å². The Balaban J connectivity index is 6.55. The van der Waals surface area contributed by atoms with Gasteiger partial charge < -0.3 is 0 Å². The van der Waals surface area contributed by atoms with E-state index >= 15 is 0 Å². The maximum absolute atomic E-state index is 12.0. The van der Waals surface area contributed by atoms with Crippen molar-refractivity contribution < 1.29 is 9.59 Å². The second-order valence-electron chi connectivity index (χ2n) is 8.06. The molecule has 0 saturated carbocycles. The fourth-order valence-electron chi connectivity index (χ4n) is 2.57. The first-order valence-electron chi connectivity index (χ1n) is 7.84. The highest BCUT2D eigenvalue weighted by molar-refractivity contribution is 8.06. The molecule has 0 radical (unpaired) electrons. The van der Waals surface area contributed by atoms with E-state index in [4.69, 9.17) is 0 Å². The number of hydrogen-bond acceptors (Lipinski definition) is 6. The number of carbonyl (C=O) groups excluding carboxylic acids is 2. The van der Waals surface area contributed by atoms with Gasteiger partial charge in [-0.1, -0.05) is 41.5 Å². The minimum atomic E-state index is -1.30. The monoisotopic (exact) mass is 368 g/mol. The quantitative estimate of drug-likeness (QED) is 0.656. The van der Waals surface area contributed by atoms with Crippen molar-refractivity contribution in [1.82, 2.24) is 0 Å². The Kier molecular flexibility index (Phi) is 7.61. The summed E-state index contributed by atoms with van der Waals surface area (Å²) in [5.74, 6) is -0.322. The van der Waals surface area contributed by atoms with Crippen LogP contribution in [0.25, 0.3) is 0 Å². The summed E-state index contributed by atoms with van der Waals surface area (Å²) in [5.41, 5.74) is 0. The van der Waals surface area contributed by atoms with E-state index in [1.807, 2.05) is 41.5 Å². The molecule has 0 saturated heterocycles. The highest BCUT2D eigenvalue weighted by atomic mass is 32.2. The third-order valence-corrected chi connectivity index (χ3v) is 6.19. The van der Waals surface area contributed by atoms with Crippen LogP contribution < -0.4 is 0 Å². The van der Waals surface area contributed by atoms with Crippen LogP contribution in [0.3, 0.4) is 0 Å². The first kappa shape index (κ1) is 23.0. The highest BCUT2D eigenvalue weighted by Gasteiger charge is 2.58. The van der Waals surface area contributed by atoms with Crippen LogP contribution in [-0.4, -0.2) is 30.6 Å². The lowest BCUT2D eigenvalue weighted by atomic mass is 9.84. The summed E-state index contributed by atoms with van der Waals surface area (Å²) in [6, 6.07) is 4.54. The summed E-state index contributed by atoms with van der Waals surface area (Å²) in [7, 11) is 0. The summed E-state index contributed by atoms with van der Waals surface area (Å²) in [6.07, 6.45) is -0.120. The molecule has 0 spiro atoms. The first-order valence-corrected chi connectivity index (χ1v) is 9.47. The summed E-state index contributed by atoms with van der Waals surface area (Å²) in [6.45, 7) is 14.5. The van der Waals surface area contributed by atoms with Gasteiger partial charge in [-0.15, -0.1) is 23.5 Å². The molecule has 0 aromatic carbocycles. The third-order valence-electron chi connectivity index (χ3n) is 2.97. The Labute approximate surface area is 154 Å². The van der Waals surface area contributed by atoms with E-state index in [2.05, 4.69) is 12.1 Å². The minimum absolute atomic E-state index is 0.0602. The van der Waals surface area contributed by atoms with Crippen molar-refractivity contribution in [2.24, 2.45) is 0 Å². The fourth-order valence-corrected chi connectivity index (χ4v) is 6.12. The van der Waals surface area contributed by atoms with Crippen LogP contribution in [-0.2, 0) is 9.59 Å². The number of nitriles is 2. The minimum Gasteiger partial charge on any atom is -0.300 e. The first-order chi connectivity index (χ1) is 10.6. The average Bonchev–Trinajstić information content (AvgIpc) is 2.32. The van der Waals surface area contributed by atoms with Gasteiger partial charge in [-0.05, 0) is 13.8 Å². The maximum atomic E-state index is 12.0. The normalized spacial score (nSPS) is 17.1. The zero-order valence-electron chi connectivity index (χ0n) is 15.9. The molecule has 0 aliphatic rings. The number of rotatable bonds is 7. The Hall–Kier alpha value is -0.980. The summed E-state index contributed by atoms with van der Waals surface area (Å²) < 4.78 is -3.28. The van der Waals surface area contributed by atoms with E-state index in [1.54, 1.807) is 0 Å². The topological polar surface area (TPSA) is 81.7 Å². The van der Waals surface area contributed by atoms with Gasteiger partial charge >= 0.3 is 0 Å². The zero-order chi connectivity index (χ0) is 19.4. The molecule has 0 bridgehead atoms. The van der Waals surface area contributed by atoms with E-state index in [0.29, 0.717) is 0 Å². The second-order valence-corrected chi connectivity index (χ2v) is 12.3. The van der Waals surface area contributed by atoms with Crippen molar-refractivity contribution in [3.63, 3.8) is 0 Å². The molecule has 0 rings (SSSR count). The molecule has 0 aromatic rings. The molecule has 134 valence electrons. The lowest BCUT2D eigenvalue weighted by molar-refractivity contribution is -0.119. The van der Waals surface area contributed by atoms with E-state index in [9.17, 15) is 20.1 Å². The van der Waals surface area contributed by atoms with Crippen molar-refractivity contribution in [1.29, 1.82) is 10.5 Å². The summed E-state index contributed by atoms with van der Waals surface area (Å²) >= 11 is 2.63. The van der Waals surface area contributed by atoms with Crippen LogP contribution in [0.5, 0.6) is 0 Å². The Morgan fingerprint density at radius 3 is 1.12 bits per heavy atom. The van der Waals surface area contributed by atoms with Gasteiger partial charge in [0.2, 0.25) is 0 Å². The van der Waals surface area contributed by atoms with E-state index in [0.717, 1.165) is 0 Å². The molecule has 4 nitrogen and oxygen atoms in total. The predicted molar refractivity (Wildman–Crippen MR) is 102 cm³/mol. The van der Waals surface area contributed by atoms with Crippen LogP contribution in [0.15, 0.2) is 0 Å². The Morgan fingerprint density at radius 1 is 0.750 bits per heavy atom. The molecule has 0 aliphatic carbocycles. The standard InChI is InChI=1S/C18H28N2O2S2/c1-13(21)9-17(11-19,23-15(3,4)5)18(12-20,10-14(2)22)24-16(6,7)8/h9-10H2,1-8H3. The highest BCUT2D eigenvalue weighted by Crippen LogP contribution is 2.55. The molecule has 0 aromatic heterocycles. The zero-order valence-corrected chi connectivity index (χ0v) is 17.6. The van der Waals surface area contributed by atoms with Gasteiger partial charge in [-0.25, -0.2) is 0 Å². The van der Waals surface area contributed by atoms with Gasteiger partial charge in [0.25, 0.3) is 0 Å². The van der Waals surface area contributed by atoms with E-state index < -0.39 is 9.49 Å². The molecule has 6 heteroatoms. The molecule has 24 heavy (non-hydrogen) atoms. The van der Waals surface area contributed by atoms with Crippen molar-refractivity contribution in [2.75, 3.05) is 0 Å². The number of Topliss-reactive ketones (excluding diaryl/α,β-unsaturated/α-hetero) is 2. The van der Waals surface area contributed by atoms with Crippen LogP contribution in [0.2, 0.25) is 0 Å². The van der Waals surface area contributed by atoms with Crippen molar-refractivity contribution in [2.45, 2.75) is 87.2 Å². The van der Waals surface area contributed by atoms with Gasteiger partial charge in [-0.3, -0.25) is 9.59 Å². The number of nitrogens with zero attached hydrogens (tertiary/aromatic N) is 2. The Bertz CT molecular complexity index is 524.